The predicted octanol–water partition coefficient (Wildman–Crippen LogP) is 2.52. The van der Waals surface area contributed by atoms with Crippen molar-refractivity contribution in [1.82, 2.24) is 0 Å². The lowest BCUT2D eigenvalue weighted by molar-refractivity contribution is 0.223. The molecule has 0 aliphatic carbocycles. The van der Waals surface area contributed by atoms with E-state index in [4.69, 9.17) is 16.7 Å². The normalized spacial score (nSPS) is 12.8. The first-order valence-electron chi connectivity index (χ1n) is 3.85. The highest BCUT2D eigenvalue weighted by Gasteiger charge is 2.05. The van der Waals surface area contributed by atoms with Crippen LogP contribution in [0.1, 0.15) is 0 Å². The minimum atomic E-state index is -0.578. The highest BCUT2D eigenvalue weighted by Crippen LogP contribution is 2.21. The molecule has 1 aromatic rings. The van der Waals surface area contributed by atoms with E-state index in [1.54, 1.807) is 18.2 Å². The Balaban J connectivity index is 2.50. The molecule has 0 radical (unpaired) electrons. The number of aliphatic hydroxyl groups is 1. The van der Waals surface area contributed by atoms with Gasteiger partial charge >= 0.3 is 0 Å². The summed E-state index contributed by atoms with van der Waals surface area (Å²) >= 11 is 6.67. The largest absolute Gasteiger partial charge is 0.391 e. The molecule has 72 valence electrons. The van der Waals surface area contributed by atoms with Crippen LogP contribution in [0.25, 0.3) is 0 Å². The molecule has 0 spiro atoms. The van der Waals surface area contributed by atoms with E-state index in [2.05, 4.69) is 0 Å². The van der Waals surface area contributed by atoms with Gasteiger partial charge in [0.1, 0.15) is 5.82 Å². The quantitative estimate of drug-likeness (QED) is 0.622. The van der Waals surface area contributed by atoms with Crippen LogP contribution in [0.2, 0.25) is 0 Å². The second-order valence-corrected chi connectivity index (χ2v) is 3.92. The third-order valence-electron chi connectivity index (χ3n) is 1.45. The SMILES string of the molecule is OC(CCl)CSc1ccccc1F. The predicted molar refractivity (Wildman–Crippen MR) is 53.9 cm³/mol. The van der Waals surface area contributed by atoms with E-state index in [9.17, 15) is 4.39 Å². The first-order valence-corrected chi connectivity index (χ1v) is 5.37. The maximum atomic E-state index is 13.0. The Bertz CT molecular complexity index is 270. The molecule has 1 nitrogen and oxygen atoms in total. The van der Waals surface area contributed by atoms with Crippen LogP contribution in [0.4, 0.5) is 4.39 Å². The molecule has 1 atom stereocenters. The molecule has 0 fully saturated rings. The van der Waals surface area contributed by atoms with E-state index in [0.29, 0.717) is 10.6 Å². The van der Waals surface area contributed by atoms with Crippen molar-refractivity contribution in [2.45, 2.75) is 11.0 Å². The van der Waals surface area contributed by atoms with Crippen LogP contribution in [0.3, 0.4) is 0 Å². The van der Waals surface area contributed by atoms with E-state index in [1.165, 1.54) is 17.8 Å². The fourth-order valence-corrected chi connectivity index (χ4v) is 1.90. The number of rotatable bonds is 4. The second kappa shape index (κ2) is 5.47. The summed E-state index contributed by atoms with van der Waals surface area (Å²) < 4.78 is 13.0. The van der Waals surface area contributed by atoms with Crippen LogP contribution in [-0.2, 0) is 0 Å². The van der Waals surface area contributed by atoms with Gasteiger partial charge in [-0.05, 0) is 12.1 Å². The van der Waals surface area contributed by atoms with Gasteiger partial charge in [-0.2, -0.15) is 0 Å². The summed E-state index contributed by atoms with van der Waals surface area (Å²) in [6, 6.07) is 6.48. The molecule has 0 aliphatic rings. The maximum absolute atomic E-state index is 13.0. The molecular weight excluding hydrogens is 211 g/mol. The van der Waals surface area contributed by atoms with Crippen LogP contribution >= 0.6 is 23.4 Å². The van der Waals surface area contributed by atoms with Crippen molar-refractivity contribution in [3.8, 4) is 0 Å². The number of halogens is 2. The lowest BCUT2D eigenvalue weighted by atomic mass is 10.3. The zero-order valence-corrected chi connectivity index (χ0v) is 8.48. The molecule has 1 N–H and O–H groups in total. The molecule has 0 aromatic heterocycles. The van der Waals surface area contributed by atoms with Gasteiger partial charge in [-0.1, -0.05) is 12.1 Å². The minimum Gasteiger partial charge on any atom is -0.391 e. The molecule has 0 amide bonds. The lowest BCUT2D eigenvalue weighted by Crippen LogP contribution is -2.11. The summed E-state index contributed by atoms with van der Waals surface area (Å²) in [7, 11) is 0. The average Bonchev–Trinajstić information content (AvgIpc) is 2.16. The Morgan fingerprint density at radius 3 is 2.77 bits per heavy atom. The highest BCUT2D eigenvalue weighted by molar-refractivity contribution is 7.99. The van der Waals surface area contributed by atoms with E-state index in [-0.39, 0.29) is 11.7 Å². The zero-order valence-electron chi connectivity index (χ0n) is 6.91. The molecule has 1 rings (SSSR count). The van der Waals surface area contributed by atoms with Crippen molar-refractivity contribution in [3.63, 3.8) is 0 Å². The fraction of sp³-hybridized carbons (Fsp3) is 0.333. The number of thioether (sulfide) groups is 1. The molecule has 13 heavy (non-hydrogen) atoms. The summed E-state index contributed by atoms with van der Waals surface area (Å²) in [4.78, 5) is 0.548. The third-order valence-corrected chi connectivity index (χ3v) is 3.00. The molecule has 4 heteroatoms. The Morgan fingerprint density at radius 1 is 1.46 bits per heavy atom. The molecule has 0 saturated carbocycles. The van der Waals surface area contributed by atoms with Gasteiger partial charge in [-0.25, -0.2) is 4.39 Å². The van der Waals surface area contributed by atoms with Crippen LogP contribution in [0.15, 0.2) is 29.2 Å². The van der Waals surface area contributed by atoms with E-state index < -0.39 is 6.10 Å². The van der Waals surface area contributed by atoms with Crippen molar-refractivity contribution in [1.29, 1.82) is 0 Å². The molecule has 1 aromatic carbocycles. The maximum Gasteiger partial charge on any atom is 0.136 e. The Hall–Kier alpha value is -0.250. The van der Waals surface area contributed by atoms with Crippen LogP contribution in [-0.4, -0.2) is 22.8 Å². The number of hydrogen-bond acceptors (Lipinski definition) is 2. The van der Waals surface area contributed by atoms with Crippen LogP contribution < -0.4 is 0 Å². The number of aliphatic hydroxyl groups excluding tert-OH is 1. The summed E-state index contributed by atoms with van der Waals surface area (Å²) in [5.41, 5.74) is 0. The molecule has 0 aliphatic heterocycles. The van der Waals surface area contributed by atoms with Gasteiger partial charge in [0, 0.05) is 16.5 Å². The summed E-state index contributed by atoms with van der Waals surface area (Å²) in [5.74, 6) is 0.348. The smallest absolute Gasteiger partial charge is 0.136 e. The number of hydrogen-bond donors (Lipinski definition) is 1. The summed E-state index contributed by atoms with van der Waals surface area (Å²) in [6.45, 7) is 0. The van der Waals surface area contributed by atoms with Crippen molar-refractivity contribution >= 4 is 23.4 Å². The molecular formula is C9H10ClFOS. The van der Waals surface area contributed by atoms with Crippen LogP contribution in [0, 0.1) is 5.82 Å². The zero-order chi connectivity index (χ0) is 9.68. The number of alkyl halides is 1. The van der Waals surface area contributed by atoms with Gasteiger partial charge in [0.25, 0.3) is 0 Å². The molecule has 0 saturated heterocycles. The fourth-order valence-electron chi connectivity index (χ4n) is 0.792. The monoisotopic (exact) mass is 220 g/mol. The van der Waals surface area contributed by atoms with E-state index in [1.807, 2.05) is 0 Å². The van der Waals surface area contributed by atoms with Crippen molar-refractivity contribution in [3.05, 3.63) is 30.1 Å². The topological polar surface area (TPSA) is 20.2 Å². The standard InChI is InChI=1S/C9H10ClFOS/c10-5-7(12)6-13-9-4-2-1-3-8(9)11/h1-4,7,12H,5-6H2. The minimum absolute atomic E-state index is 0.182. The van der Waals surface area contributed by atoms with Crippen molar-refractivity contribution < 1.29 is 9.50 Å². The van der Waals surface area contributed by atoms with E-state index >= 15 is 0 Å². The molecule has 0 heterocycles. The van der Waals surface area contributed by atoms with Gasteiger partial charge in [0.05, 0.1) is 6.10 Å². The second-order valence-electron chi connectivity index (χ2n) is 2.55. The first-order chi connectivity index (χ1) is 6.24. The van der Waals surface area contributed by atoms with Crippen molar-refractivity contribution in [2.75, 3.05) is 11.6 Å². The van der Waals surface area contributed by atoms with Gasteiger partial charge < -0.3 is 5.11 Å². The Kier molecular flexibility index (Phi) is 4.56. The van der Waals surface area contributed by atoms with Crippen LogP contribution in [0.5, 0.6) is 0 Å². The summed E-state index contributed by atoms with van der Waals surface area (Å²) in [6.07, 6.45) is -0.578. The van der Waals surface area contributed by atoms with Gasteiger partial charge in [0.15, 0.2) is 0 Å². The van der Waals surface area contributed by atoms with E-state index in [0.717, 1.165) is 0 Å². The Labute approximate surface area is 85.9 Å². The van der Waals surface area contributed by atoms with Gasteiger partial charge in [0.2, 0.25) is 0 Å². The molecule has 1 unspecified atom stereocenters. The molecule has 0 bridgehead atoms. The average molecular weight is 221 g/mol. The van der Waals surface area contributed by atoms with Gasteiger partial charge in [-0.15, -0.1) is 23.4 Å². The van der Waals surface area contributed by atoms with Gasteiger partial charge in [-0.3, -0.25) is 0 Å². The Morgan fingerprint density at radius 2 is 2.15 bits per heavy atom. The first kappa shape index (κ1) is 10.8. The third kappa shape index (κ3) is 3.55. The highest BCUT2D eigenvalue weighted by atomic mass is 35.5. The van der Waals surface area contributed by atoms with Crippen molar-refractivity contribution in [2.24, 2.45) is 0 Å². The lowest BCUT2D eigenvalue weighted by Gasteiger charge is -2.06. The number of benzene rings is 1. The summed E-state index contributed by atoms with van der Waals surface area (Å²) in [5, 5.41) is 9.13.